The summed E-state index contributed by atoms with van der Waals surface area (Å²) in [7, 11) is 0. The summed E-state index contributed by atoms with van der Waals surface area (Å²) in [5, 5.41) is 26.7. The van der Waals surface area contributed by atoms with Crippen molar-refractivity contribution in [2.45, 2.75) is 76.5 Å². The van der Waals surface area contributed by atoms with Gasteiger partial charge in [-0.2, -0.15) is 0 Å². The molecule has 2 fully saturated rings. The van der Waals surface area contributed by atoms with Gasteiger partial charge < -0.3 is 31.1 Å². The normalized spacial score (nSPS) is 22.7. The zero-order valence-electron chi connectivity index (χ0n) is 17.9. The molecule has 5 N–H and O–H groups in total. The van der Waals surface area contributed by atoms with Crippen molar-refractivity contribution in [2.75, 3.05) is 13.1 Å². The van der Waals surface area contributed by atoms with Crippen LogP contribution in [0.1, 0.15) is 52.4 Å². The Bertz CT molecular complexity index is 706. The van der Waals surface area contributed by atoms with Gasteiger partial charge in [0.05, 0.1) is 6.04 Å². The van der Waals surface area contributed by atoms with Crippen LogP contribution in [0.2, 0.25) is 0 Å². The number of carbonyl (C=O) groups excluding carboxylic acids is 3. The largest absolute Gasteiger partial charge is 0.481 e. The summed E-state index contributed by atoms with van der Waals surface area (Å²) in [4.78, 5) is 62.1. The summed E-state index contributed by atoms with van der Waals surface area (Å²) >= 11 is 0. The second-order valence-corrected chi connectivity index (χ2v) is 8.40. The van der Waals surface area contributed by atoms with E-state index in [2.05, 4.69) is 16.0 Å². The smallest absolute Gasteiger partial charge is 0.326 e. The molecule has 31 heavy (non-hydrogen) atoms. The van der Waals surface area contributed by atoms with Crippen molar-refractivity contribution < 1.29 is 34.2 Å². The van der Waals surface area contributed by atoms with Crippen LogP contribution in [0, 0.1) is 5.92 Å². The highest BCUT2D eigenvalue weighted by atomic mass is 16.4. The summed E-state index contributed by atoms with van der Waals surface area (Å²) in [6.07, 6.45) is 1.81. The molecule has 3 amide bonds. The molecule has 0 radical (unpaired) electrons. The van der Waals surface area contributed by atoms with E-state index >= 15 is 0 Å². The number of amides is 3. The zero-order valence-corrected chi connectivity index (χ0v) is 17.9. The van der Waals surface area contributed by atoms with Crippen LogP contribution in [0.25, 0.3) is 0 Å². The van der Waals surface area contributed by atoms with E-state index in [1.165, 1.54) is 4.90 Å². The number of likely N-dealkylation sites (tertiary alicyclic amines) is 1. The standard InChI is InChI=1S/C20H32N4O7/c1-11(2)16(23-17(27)12-5-3-9-21-12)18(28)22-13(7-8-15(25)26)19(29)24-10-4-6-14(24)20(30)31/h11-14,16,21H,3-10H2,1-2H3,(H,22,28)(H,23,27)(H,25,26)(H,30,31)/t12-,13-,14-,16-/m0/s1. The summed E-state index contributed by atoms with van der Waals surface area (Å²) in [5.41, 5.74) is 0. The topological polar surface area (TPSA) is 165 Å². The van der Waals surface area contributed by atoms with Crippen LogP contribution < -0.4 is 16.0 Å². The van der Waals surface area contributed by atoms with Gasteiger partial charge in [-0.1, -0.05) is 13.8 Å². The first-order valence-corrected chi connectivity index (χ1v) is 10.7. The lowest BCUT2D eigenvalue weighted by atomic mass is 10.0. The number of hydrogen-bond donors (Lipinski definition) is 5. The lowest BCUT2D eigenvalue weighted by molar-refractivity contribution is -0.150. The highest BCUT2D eigenvalue weighted by Gasteiger charge is 2.39. The molecule has 2 aliphatic heterocycles. The Labute approximate surface area is 180 Å². The Balaban J connectivity index is 2.12. The van der Waals surface area contributed by atoms with E-state index in [-0.39, 0.29) is 37.3 Å². The molecule has 11 heteroatoms. The SMILES string of the molecule is CC(C)[C@H](NC(=O)[C@@H]1CCCN1)C(=O)N[C@@H](CCC(=O)O)C(=O)N1CCC[C@H]1C(=O)O. The van der Waals surface area contributed by atoms with Crippen LogP contribution in [-0.2, 0) is 24.0 Å². The molecule has 2 heterocycles. The number of aliphatic carboxylic acids is 2. The second-order valence-electron chi connectivity index (χ2n) is 8.40. The van der Waals surface area contributed by atoms with Crippen molar-refractivity contribution in [2.24, 2.45) is 5.92 Å². The number of carboxylic acids is 2. The lowest BCUT2D eigenvalue weighted by Gasteiger charge is -2.29. The third-order valence-electron chi connectivity index (χ3n) is 5.71. The Kier molecular flexibility index (Phi) is 8.78. The quantitative estimate of drug-likeness (QED) is 0.298. The molecule has 2 aliphatic rings. The molecule has 0 aliphatic carbocycles. The number of hydrogen-bond acceptors (Lipinski definition) is 6. The first kappa shape index (κ1) is 24.6. The van der Waals surface area contributed by atoms with E-state index in [0.717, 1.165) is 13.0 Å². The number of nitrogens with one attached hydrogen (secondary N) is 3. The number of nitrogens with zero attached hydrogens (tertiary/aromatic N) is 1. The van der Waals surface area contributed by atoms with Gasteiger partial charge >= 0.3 is 11.9 Å². The van der Waals surface area contributed by atoms with Crippen molar-refractivity contribution in [3.05, 3.63) is 0 Å². The molecular formula is C20H32N4O7. The van der Waals surface area contributed by atoms with Crippen molar-refractivity contribution in [3.63, 3.8) is 0 Å². The predicted octanol–water partition coefficient (Wildman–Crippen LogP) is -0.696. The van der Waals surface area contributed by atoms with Gasteiger partial charge in [0.15, 0.2) is 0 Å². The number of carbonyl (C=O) groups is 5. The molecule has 0 bridgehead atoms. The second kappa shape index (κ2) is 11.1. The van der Waals surface area contributed by atoms with Gasteiger partial charge in [-0.25, -0.2) is 4.79 Å². The van der Waals surface area contributed by atoms with Crippen LogP contribution in [0.5, 0.6) is 0 Å². The average molecular weight is 440 g/mol. The predicted molar refractivity (Wildman–Crippen MR) is 109 cm³/mol. The fourth-order valence-electron chi connectivity index (χ4n) is 3.97. The van der Waals surface area contributed by atoms with Crippen LogP contribution in [-0.4, -0.2) is 82.0 Å². The minimum atomic E-state index is -1.19. The molecule has 0 spiro atoms. The molecule has 174 valence electrons. The molecule has 0 unspecified atom stereocenters. The van der Waals surface area contributed by atoms with Gasteiger partial charge in [0.25, 0.3) is 0 Å². The van der Waals surface area contributed by atoms with E-state index in [4.69, 9.17) is 5.11 Å². The molecule has 2 saturated heterocycles. The Hall–Kier alpha value is -2.69. The molecule has 0 aromatic rings. The Morgan fingerprint density at radius 2 is 1.77 bits per heavy atom. The van der Waals surface area contributed by atoms with Crippen LogP contribution >= 0.6 is 0 Å². The van der Waals surface area contributed by atoms with E-state index in [1.807, 2.05) is 0 Å². The molecule has 2 rings (SSSR count). The first-order valence-electron chi connectivity index (χ1n) is 10.7. The van der Waals surface area contributed by atoms with E-state index in [1.54, 1.807) is 13.8 Å². The van der Waals surface area contributed by atoms with Gasteiger partial charge in [-0.05, 0) is 44.6 Å². The van der Waals surface area contributed by atoms with Crippen molar-refractivity contribution in [1.29, 1.82) is 0 Å². The molecule has 0 aromatic carbocycles. The summed E-state index contributed by atoms with van der Waals surface area (Å²) in [6.45, 7) is 4.46. The minimum absolute atomic E-state index is 0.175. The Morgan fingerprint density at radius 3 is 2.32 bits per heavy atom. The maximum Gasteiger partial charge on any atom is 0.326 e. The van der Waals surface area contributed by atoms with Crippen LogP contribution in [0.15, 0.2) is 0 Å². The first-order chi connectivity index (χ1) is 14.6. The fraction of sp³-hybridized carbons (Fsp3) is 0.750. The van der Waals surface area contributed by atoms with Gasteiger partial charge in [-0.3, -0.25) is 19.2 Å². The van der Waals surface area contributed by atoms with Gasteiger partial charge in [0.2, 0.25) is 17.7 Å². The summed E-state index contributed by atoms with van der Waals surface area (Å²) in [5.74, 6) is -4.07. The number of carboxylic acid groups (broad SMARTS) is 2. The molecule has 0 aromatic heterocycles. The molecule has 11 nitrogen and oxygen atoms in total. The van der Waals surface area contributed by atoms with Crippen molar-refractivity contribution >= 4 is 29.7 Å². The van der Waals surface area contributed by atoms with Crippen LogP contribution in [0.3, 0.4) is 0 Å². The van der Waals surface area contributed by atoms with E-state index in [0.29, 0.717) is 19.3 Å². The summed E-state index contributed by atoms with van der Waals surface area (Å²) < 4.78 is 0. The molecule has 4 atom stereocenters. The average Bonchev–Trinajstić information content (AvgIpc) is 3.39. The van der Waals surface area contributed by atoms with Gasteiger partial charge in [0, 0.05) is 13.0 Å². The van der Waals surface area contributed by atoms with Crippen LogP contribution in [0.4, 0.5) is 0 Å². The Morgan fingerprint density at radius 1 is 1.06 bits per heavy atom. The zero-order chi connectivity index (χ0) is 23.1. The minimum Gasteiger partial charge on any atom is -0.481 e. The van der Waals surface area contributed by atoms with E-state index < -0.39 is 41.9 Å². The highest BCUT2D eigenvalue weighted by Crippen LogP contribution is 2.20. The number of rotatable bonds is 10. The van der Waals surface area contributed by atoms with Gasteiger partial charge in [-0.15, -0.1) is 0 Å². The maximum absolute atomic E-state index is 13.0. The lowest BCUT2D eigenvalue weighted by Crippen LogP contribution is -2.58. The monoisotopic (exact) mass is 440 g/mol. The third kappa shape index (κ3) is 6.65. The molecular weight excluding hydrogens is 408 g/mol. The third-order valence-corrected chi connectivity index (χ3v) is 5.71. The van der Waals surface area contributed by atoms with Crippen molar-refractivity contribution in [3.8, 4) is 0 Å². The van der Waals surface area contributed by atoms with Crippen molar-refractivity contribution in [1.82, 2.24) is 20.9 Å². The fourth-order valence-corrected chi connectivity index (χ4v) is 3.97. The maximum atomic E-state index is 13.0. The highest BCUT2D eigenvalue weighted by molar-refractivity contribution is 5.94. The van der Waals surface area contributed by atoms with Gasteiger partial charge in [0.1, 0.15) is 18.1 Å². The summed E-state index contributed by atoms with van der Waals surface area (Å²) in [6, 6.07) is -3.47. The van der Waals surface area contributed by atoms with E-state index in [9.17, 15) is 29.1 Å². The molecule has 0 saturated carbocycles.